The number of methoxy groups -OCH3 is 1. The molecule has 0 spiro atoms. The first-order chi connectivity index (χ1) is 16.0. The Labute approximate surface area is 196 Å². The van der Waals surface area contributed by atoms with E-state index >= 15 is 0 Å². The van der Waals surface area contributed by atoms with E-state index in [0.717, 1.165) is 16.4 Å². The van der Waals surface area contributed by atoms with E-state index < -0.39 is 45.8 Å². The smallest absolute Gasteiger partial charge is 0.418 e. The Morgan fingerprint density at radius 2 is 1.56 bits per heavy atom. The summed E-state index contributed by atoms with van der Waals surface area (Å²) in [6.07, 6.45) is -5.08. The summed E-state index contributed by atoms with van der Waals surface area (Å²) in [5.41, 5.74) is -0.918. The fourth-order valence-corrected chi connectivity index (χ4v) is 4.79. The van der Waals surface area contributed by atoms with Gasteiger partial charge < -0.3 is 10.1 Å². The van der Waals surface area contributed by atoms with Crippen LogP contribution in [0.2, 0.25) is 0 Å². The number of anilines is 1. The van der Waals surface area contributed by atoms with Crippen LogP contribution in [0.5, 0.6) is 5.75 Å². The lowest BCUT2D eigenvalue weighted by atomic mass is 10.0. The summed E-state index contributed by atoms with van der Waals surface area (Å²) in [5, 5.41) is 2.28. The molecule has 0 saturated carbocycles. The van der Waals surface area contributed by atoms with E-state index in [1.54, 1.807) is 42.5 Å². The number of hydrogen-bond donors (Lipinski definition) is 1. The minimum absolute atomic E-state index is 0.0267. The van der Waals surface area contributed by atoms with E-state index in [2.05, 4.69) is 5.32 Å². The van der Waals surface area contributed by atoms with Gasteiger partial charge in [0.25, 0.3) is 0 Å². The molecule has 0 saturated heterocycles. The minimum Gasteiger partial charge on any atom is -0.497 e. The molecule has 0 aromatic heterocycles. The number of ether oxygens (including phenoxy) is 1. The van der Waals surface area contributed by atoms with Gasteiger partial charge in [0, 0.05) is 13.5 Å². The van der Waals surface area contributed by atoms with Gasteiger partial charge >= 0.3 is 6.18 Å². The van der Waals surface area contributed by atoms with Crippen LogP contribution in [0.1, 0.15) is 23.6 Å². The molecule has 3 aromatic carbocycles. The second-order valence-corrected chi connectivity index (χ2v) is 9.42. The SMILES string of the molecule is COc1ccc([C@@H](CC(=O)Nc2ccccc2C(F)(F)F)N(C)S(=O)(=O)c2ccccc2)cc1. The Hall–Kier alpha value is -3.37. The Morgan fingerprint density at radius 1 is 0.971 bits per heavy atom. The molecule has 3 aromatic rings. The van der Waals surface area contributed by atoms with Crippen molar-refractivity contribution in [2.75, 3.05) is 19.5 Å². The van der Waals surface area contributed by atoms with Crippen molar-refractivity contribution in [3.05, 3.63) is 90.0 Å². The highest BCUT2D eigenvalue weighted by Crippen LogP contribution is 2.35. The molecule has 1 amide bonds. The van der Waals surface area contributed by atoms with E-state index in [9.17, 15) is 26.4 Å². The van der Waals surface area contributed by atoms with Crippen LogP contribution in [0.3, 0.4) is 0 Å². The highest BCUT2D eigenvalue weighted by molar-refractivity contribution is 7.89. The third-order valence-electron chi connectivity index (χ3n) is 5.24. The first-order valence-electron chi connectivity index (χ1n) is 10.2. The molecular formula is C24H23F3N2O4S. The molecule has 0 heterocycles. The number of nitrogens with zero attached hydrogens (tertiary/aromatic N) is 1. The number of para-hydroxylation sites is 1. The molecule has 0 unspecified atom stereocenters. The third-order valence-corrected chi connectivity index (χ3v) is 7.13. The standard InChI is InChI=1S/C24H23F3N2O4S/c1-29(34(31,32)19-8-4-3-5-9-19)22(17-12-14-18(33-2)15-13-17)16-23(30)28-21-11-7-6-10-20(21)24(25,26)27/h3-15,22H,16H2,1-2H3,(H,28,30)/t22-/m1/s1. The molecule has 0 fully saturated rings. The van der Waals surface area contributed by atoms with Gasteiger partial charge in [0.15, 0.2) is 0 Å². The molecule has 3 rings (SSSR count). The van der Waals surface area contributed by atoms with Gasteiger partial charge in [-0.2, -0.15) is 17.5 Å². The van der Waals surface area contributed by atoms with Crippen molar-refractivity contribution in [3.8, 4) is 5.75 Å². The lowest BCUT2D eigenvalue weighted by molar-refractivity contribution is -0.137. The van der Waals surface area contributed by atoms with Gasteiger partial charge in [0.1, 0.15) is 5.75 Å². The lowest BCUT2D eigenvalue weighted by Gasteiger charge is -2.28. The van der Waals surface area contributed by atoms with E-state index in [0.29, 0.717) is 11.3 Å². The van der Waals surface area contributed by atoms with Gasteiger partial charge in [-0.05, 0) is 42.0 Å². The van der Waals surface area contributed by atoms with Crippen molar-refractivity contribution < 1.29 is 31.1 Å². The summed E-state index contributed by atoms with van der Waals surface area (Å²) in [6.45, 7) is 0. The van der Waals surface area contributed by atoms with Crippen molar-refractivity contribution in [1.82, 2.24) is 4.31 Å². The fourth-order valence-electron chi connectivity index (χ4n) is 3.42. The number of nitrogens with one attached hydrogen (secondary N) is 1. The summed E-state index contributed by atoms with van der Waals surface area (Å²) in [6, 6.07) is 17.7. The number of carbonyl (C=O) groups is 1. The zero-order chi connectivity index (χ0) is 24.9. The number of halogens is 3. The van der Waals surface area contributed by atoms with Crippen LogP contribution < -0.4 is 10.1 Å². The van der Waals surface area contributed by atoms with Crippen LogP contribution in [-0.2, 0) is 21.0 Å². The van der Waals surface area contributed by atoms with E-state index in [1.165, 1.54) is 38.4 Å². The average molecular weight is 493 g/mol. The third kappa shape index (κ3) is 5.75. The second-order valence-electron chi connectivity index (χ2n) is 7.42. The van der Waals surface area contributed by atoms with Gasteiger partial charge in [-0.25, -0.2) is 8.42 Å². The molecule has 10 heteroatoms. The summed E-state index contributed by atoms with van der Waals surface area (Å²) in [4.78, 5) is 12.9. The van der Waals surface area contributed by atoms with E-state index in [4.69, 9.17) is 4.74 Å². The van der Waals surface area contributed by atoms with Crippen LogP contribution in [0.15, 0.2) is 83.8 Å². The molecular weight excluding hydrogens is 469 g/mol. The lowest BCUT2D eigenvalue weighted by Crippen LogP contribution is -2.34. The molecule has 0 aliphatic rings. The number of rotatable bonds is 8. The number of amides is 1. The summed E-state index contributed by atoms with van der Waals surface area (Å²) in [7, 11) is -1.21. The molecule has 6 nitrogen and oxygen atoms in total. The Kier molecular flexibility index (Phi) is 7.63. The first kappa shape index (κ1) is 25.3. The maximum absolute atomic E-state index is 13.3. The fraction of sp³-hybridized carbons (Fsp3) is 0.208. The molecule has 0 aliphatic carbocycles. The Bertz CT molecular complexity index is 1230. The molecule has 1 N–H and O–H groups in total. The highest BCUT2D eigenvalue weighted by Gasteiger charge is 2.35. The van der Waals surface area contributed by atoms with Crippen molar-refractivity contribution in [3.63, 3.8) is 0 Å². The molecule has 0 bridgehead atoms. The molecule has 0 aliphatic heterocycles. The first-order valence-corrected chi connectivity index (χ1v) is 11.6. The number of hydrogen-bond acceptors (Lipinski definition) is 4. The maximum atomic E-state index is 13.3. The van der Waals surface area contributed by atoms with Gasteiger partial charge in [-0.3, -0.25) is 4.79 Å². The summed E-state index contributed by atoms with van der Waals surface area (Å²) >= 11 is 0. The Balaban J connectivity index is 1.94. The van der Waals surface area contributed by atoms with Crippen LogP contribution in [0, 0.1) is 0 Å². The van der Waals surface area contributed by atoms with Gasteiger partial charge in [-0.15, -0.1) is 0 Å². The predicted molar refractivity (Wildman–Crippen MR) is 122 cm³/mol. The Morgan fingerprint density at radius 3 is 2.15 bits per heavy atom. The number of alkyl halides is 3. The maximum Gasteiger partial charge on any atom is 0.418 e. The molecule has 0 radical (unpaired) electrons. The van der Waals surface area contributed by atoms with E-state index in [1.807, 2.05) is 0 Å². The number of carbonyl (C=O) groups excluding carboxylic acids is 1. The zero-order valence-corrected chi connectivity index (χ0v) is 19.2. The quantitative estimate of drug-likeness (QED) is 0.475. The van der Waals surface area contributed by atoms with E-state index in [-0.39, 0.29) is 4.90 Å². The monoisotopic (exact) mass is 492 g/mol. The van der Waals surface area contributed by atoms with Crippen molar-refractivity contribution >= 4 is 21.6 Å². The zero-order valence-electron chi connectivity index (χ0n) is 18.4. The van der Waals surface area contributed by atoms with Crippen molar-refractivity contribution in [2.45, 2.75) is 23.5 Å². The summed E-state index contributed by atoms with van der Waals surface area (Å²) in [5.74, 6) is -0.243. The minimum atomic E-state index is -4.66. The average Bonchev–Trinajstić information content (AvgIpc) is 2.82. The number of benzene rings is 3. The largest absolute Gasteiger partial charge is 0.497 e. The highest BCUT2D eigenvalue weighted by atomic mass is 32.2. The number of sulfonamides is 1. The molecule has 180 valence electrons. The van der Waals surface area contributed by atoms with Crippen LogP contribution in [0.25, 0.3) is 0 Å². The van der Waals surface area contributed by atoms with Crippen molar-refractivity contribution in [2.24, 2.45) is 0 Å². The van der Waals surface area contributed by atoms with Crippen LogP contribution in [-0.4, -0.2) is 32.8 Å². The van der Waals surface area contributed by atoms with Gasteiger partial charge in [0.2, 0.25) is 15.9 Å². The van der Waals surface area contributed by atoms with Crippen molar-refractivity contribution in [1.29, 1.82) is 0 Å². The van der Waals surface area contributed by atoms with Crippen LogP contribution >= 0.6 is 0 Å². The van der Waals surface area contributed by atoms with Crippen LogP contribution in [0.4, 0.5) is 18.9 Å². The topological polar surface area (TPSA) is 75.7 Å². The summed E-state index contributed by atoms with van der Waals surface area (Å²) < 4.78 is 72.6. The normalized spacial score (nSPS) is 12.9. The van der Waals surface area contributed by atoms with Gasteiger partial charge in [0.05, 0.1) is 29.3 Å². The predicted octanol–water partition coefficient (Wildman–Crippen LogP) is 5.10. The molecule has 34 heavy (non-hydrogen) atoms. The molecule has 1 atom stereocenters. The second kappa shape index (κ2) is 10.3. The van der Waals surface area contributed by atoms with Gasteiger partial charge in [-0.1, -0.05) is 42.5 Å².